The van der Waals surface area contributed by atoms with Crippen LogP contribution in [0.3, 0.4) is 0 Å². The molecule has 1 aliphatic heterocycles. The highest BCUT2D eigenvalue weighted by molar-refractivity contribution is 6.02. The topological polar surface area (TPSA) is 89.8 Å². The van der Waals surface area contributed by atoms with Gasteiger partial charge >= 0.3 is 6.09 Å². The third-order valence-corrected chi connectivity index (χ3v) is 4.03. The van der Waals surface area contributed by atoms with Crippen LogP contribution in [0.1, 0.15) is 11.1 Å². The maximum absolute atomic E-state index is 12.4. The minimum absolute atomic E-state index is 0.0282. The Balaban J connectivity index is 1.70. The van der Waals surface area contributed by atoms with E-state index in [1.54, 1.807) is 0 Å². The second-order valence-corrected chi connectivity index (χ2v) is 5.81. The van der Waals surface area contributed by atoms with Crippen molar-refractivity contribution in [1.29, 1.82) is 0 Å². The molecule has 0 spiro atoms. The van der Waals surface area contributed by atoms with E-state index in [9.17, 15) is 19.7 Å². The molecule has 0 aromatic heterocycles. The number of ether oxygens (including phenoxy) is 1. The second kappa shape index (κ2) is 7.60. The van der Waals surface area contributed by atoms with Crippen molar-refractivity contribution in [3.8, 4) is 0 Å². The minimum atomic E-state index is -0.663. The third kappa shape index (κ3) is 3.94. The van der Waals surface area contributed by atoms with Crippen LogP contribution >= 0.6 is 0 Å². The number of amides is 2. The summed E-state index contributed by atoms with van der Waals surface area (Å²) in [7, 11) is 0. The van der Waals surface area contributed by atoms with E-state index in [-0.39, 0.29) is 18.3 Å². The Labute approximate surface area is 149 Å². The van der Waals surface area contributed by atoms with E-state index in [4.69, 9.17) is 4.74 Å². The molecule has 7 nitrogen and oxygen atoms in total. The van der Waals surface area contributed by atoms with Crippen molar-refractivity contribution >= 4 is 23.8 Å². The van der Waals surface area contributed by atoms with Gasteiger partial charge in [0.15, 0.2) is 0 Å². The summed E-state index contributed by atoms with van der Waals surface area (Å²) < 4.78 is 5.02. The van der Waals surface area contributed by atoms with Crippen molar-refractivity contribution < 1.29 is 19.2 Å². The molecule has 1 atom stereocenters. The van der Waals surface area contributed by atoms with E-state index in [1.807, 2.05) is 30.3 Å². The van der Waals surface area contributed by atoms with Crippen LogP contribution in [0, 0.1) is 10.1 Å². The van der Waals surface area contributed by atoms with Gasteiger partial charge in [0.2, 0.25) is 0 Å². The van der Waals surface area contributed by atoms with Crippen molar-refractivity contribution in [2.45, 2.75) is 12.5 Å². The molecule has 26 heavy (non-hydrogen) atoms. The van der Waals surface area contributed by atoms with E-state index in [0.717, 1.165) is 10.5 Å². The van der Waals surface area contributed by atoms with E-state index in [0.29, 0.717) is 12.0 Å². The number of nitro groups is 1. The number of carbonyl (C=O) groups is 2. The highest BCUT2D eigenvalue weighted by Crippen LogP contribution is 2.19. The number of hydrogen-bond donors (Lipinski definition) is 0. The number of non-ortho nitro benzene ring substituents is 1. The standard InChI is InChI=1S/C19H16N2O5/c22-18(11-8-14-6-9-16(10-7-14)21(24)25)20-17(13-26-19(20)23)12-15-4-2-1-3-5-15/h1-11,17H,12-13H2/t17-/m0/s1. The van der Waals surface area contributed by atoms with Crippen LogP contribution < -0.4 is 0 Å². The number of rotatable bonds is 5. The number of imide groups is 1. The van der Waals surface area contributed by atoms with E-state index < -0.39 is 16.9 Å². The van der Waals surface area contributed by atoms with Gasteiger partial charge in [0.1, 0.15) is 6.61 Å². The molecule has 0 N–H and O–H groups in total. The molecule has 0 radical (unpaired) electrons. The maximum atomic E-state index is 12.4. The van der Waals surface area contributed by atoms with E-state index >= 15 is 0 Å². The highest BCUT2D eigenvalue weighted by Gasteiger charge is 2.36. The highest BCUT2D eigenvalue weighted by atomic mass is 16.6. The normalized spacial score (nSPS) is 16.7. The van der Waals surface area contributed by atoms with Crippen LogP contribution in [0.25, 0.3) is 6.08 Å². The first-order valence-corrected chi connectivity index (χ1v) is 8.01. The van der Waals surface area contributed by atoms with Gasteiger partial charge in [-0.25, -0.2) is 9.69 Å². The lowest BCUT2D eigenvalue weighted by Gasteiger charge is -2.18. The van der Waals surface area contributed by atoms with Crippen LogP contribution in [0.15, 0.2) is 60.7 Å². The number of nitro benzene ring substituents is 1. The minimum Gasteiger partial charge on any atom is -0.447 e. The monoisotopic (exact) mass is 352 g/mol. The van der Waals surface area contributed by atoms with Gasteiger partial charge in [-0.15, -0.1) is 0 Å². The zero-order valence-corrected chi connectivity index (χ0v) is 13.8. The van der Waals surface area contributed by atoms with Gasteiger partial charge in [-0.05, 0) is 35.8 Å². The Morgan fingerprint density at radius 3 is 2.54 bits per heavy atom. The average Bonchev–Trinajstić information content (AvgIpc) is 3.01. The summed E-state index contributed by atoms with van der Waals surface area (Å²) in [6.45, 7) is 0.158. The second-order valence-electron chi connectivity index (χ2n) is 5.81. The smallest absolute Gasteiger partial charge is 0.417 e. The molecule has 0 bridgehead atoms. The largest absolute Gasteiger partial charge is 0.447 e. The fourth-order valence-corrected chi connectivity index (χ4v) is 2.72. The van der Waals surface area contributed by atoms with Crippen molar-refractivity contribution in [2.75, 3.05) is 6.61 Å². The van der Waals surface area contributed by atoms with Gasteiger partial charge in [0, 0.05) is 18.2 Å². The Morgan fingerprint density at radius 1 is 1.19 bits per heavy atom. The average molecular weight is 352 g/mol. The van der Waals surface area contributed by atoms with Crippen LogP contribution in [0.5, 0.6) is 0 Å². The zero-order chi connectivity index (χ0) is 18.5. The van der Waals surface area contributed by atoms with Crippen LogP contribution in [0.2, 0.25) is 0 Å². The molecule has 2 aromatic carbocycles. The Bertz CT molecular complexity index is 846. The van der Waals surface area contributed by atoms with Crippen molar-refractivity contribution in [1.82, 2.24) is 4.90 Å². The Kier molecular flexibility index (Phi) is 5.07. The third-order valence-electron chi connectivity index (χ3n) is 4.03. The lowest BCUT2D eigenvalue weighted by Crippen LogP contribution is -2.39. The molecule has 7 heteroatoms. The zero-order valence-electron chi connectivity index (χ0n) is 13.8. The first kappa shape index (κ1) is 17.3. The fraction of sp³-hybridized carbons (Fsp3) is 0.158. The number of nitrogens with zero attached hydrogens (tertiary/aromatic N) is 2. The molecule has 2 aromatic rings. The first-order chi connectivity index (χ1) is 12.5. The van der Waals surface area contributed by atoms with E-state index in [1.165, 1.54) is 36.4 Å². The molecule has 0 saturated carbocycles. The molecule has 1 aliphatic rings. The number of carbonyl (C=O) groups excluding carboxylic acids is 2. The van der Waals surface area contributed by atoms with Crippen LogP contribution in [-0.4, -0.2) is 34.5 Å². The summed E-state index contributed by atoms with van der Waals surface area (Å²) >= 11 is 0. The summed E-state index contributed by atoms with van der Waals surface area (Å²) in [4.78, 5) is 35.6. The molecule has 1 fully saturated rings. The SMILES string of the molecule is O=C(C=Cc1ccc([N+](=O)[O-])cc1)N1C(=O)OC[C@@H]1Cc1ccccc1. The summed E-state index contributed by atoms with van der Waals surface area (Å²) in [5, 5.41) is 10.6. The van der Waals surface area contributed by atoms with Crippen LogP contribution in [0.4, 0.5) is 10.5 Å². The first-order valence-electron chi connectivity index (χ1n) is 8.01. The van der Waals surface area contributed by atoms with Gasteiger partial charge in [0.25, 0.3) is 11.6 Å². The predicted octanol–water partition coefficient (Wildman–Crippen LogP) is 3.20. The van der Waals surface area contributed by atoms with Crippen LogP contribution in [-0.2, 0) is 16.0 Å². The van der Waals surface area contributed by atoms with Crippen molar-refractivity contribution in [2.24, 2.45) is 0 Å². The summed E-state index contributed by atoms with van der Waals surface area (Å²) in [6, 6.07) is 15.0. The molecule has 3 rings (SSSR count). The van der Waals surface area contributed by atoms with Gasteiger partial charge in [-0.3, -0.25) is 14.9 Å². The molecule has 0 aliphatic carbocycles. The number of benzene rings is 2. The summed E-state index contributed by atoms with van der Waals surface area (Å²) in [6.07, 6.45) is 2.64. The molecule has 1 heterocycles. The molecular formula is C19H16N2O5. The molecule has 1 saturated heterocycles. The predicted molar refractivity (Wildman–Crippen MR) is 94.3 cm³/mol. The summed E-state index contributed by atoms with van der Waals surface area (Å²) in [5.41, 5.74) is 1.60. The summed E-state index contributed by atoms with van der Waals surface area (Å²) in [5.74, 6) is -0.480. The number of hydrogen-bond acceptors (Lipinski definition) is 5. The Morgan fingerprint density at radius 2 is 1.88 bits per heavy atom. The molecule has 132 valence electrons. The Hall–Kier alpha value is -3.48. The van der Waals surface area contributed by atoms with E-state index in [2.05, 4.69) is 0 Å². The van der Waals surface area contributed by atoms with Gasteiger partial charge in [-0.1, -0.05) is 30.3 Å². The maximum Gasteiger partial charge on any atom is 0.417 e. The van der Waals surface area contributed by atoms with Gasteiger partial charge < -0.3 is 4.74 Å². The van der Waals surface area contributed by atoms with Gasteiger partial charge in [-0.2, -0.15) is 0 Å². The lowest BCUT2D eigenvalue weighted by atomic mass is 10.1. The van der Waals surface area contributed by atoms with Gasteiger partial charge in [0.05, 0.1) is 11.0 Å². The number of cyclic esters (lactones) is 1. The lowest BCUT2D eigenvalue weighted by molar-refractivity contribution is -0.384. The van der Waals surface area contributed by atoms with Crippen molar-refractivity contribution in [3.63, 3.8) is 0 Å². The van der Waals surface area contributed by atoms with Crippen molar-refractivity contribution in [3.05, 3.63) is 81.9 Å². The molecule has 2 amide bonds. The quantitative estimate of drug-likeness (QED) is 0.468. The molecule has 0 unspecified atom stereocenters. The fourth-order valence-electron chi connectivity index (χ4n) is 2.72. The molecular weight excluding hydrogens is 336 g/mol.